The first kappa shape index (κ1) is 31.5. The van der Waals surface area contributed by atoms with E-state index in [1.165, 1.54) is 4.90 Å². The molecule has 4 N–H and O–H groups in total. The minimum Gasteiger partial charge on any atom is -0.426 e. The van der Waals surface area contributed by atoms with Crippen molar-refractivity contribution in [2.75, 3.05) is 46.6 Å². The van der Waals surface area contributed by atoms with Crippen LogP contribution in [0.3, 0.4) is 0 Å². The average molecular weight is 580 g/mol. The number of carbonyl (C=O) groups is 3. The van der Waals surface area contributed by atoms with E-state index in [1.54, 1.807) is 12.0 Å². The number of amides is 4. The van der Waals surface area contributed by atoms with Crippen molar-refractivity contribution in [3.8, 4) is 0 Å². The van der Waals surface area contributed by atoms with Gasteiger partial charge in [-0.2, -0.15) is 0 Å². The molecule has 226 valence electrons. The molecule has 2 aromatic carbocycles. The summed E-state index contributed by atoms with van der Waals surface area (Å²) in [6.45, 7) is 2.42. The van der Waals surface area contributed by atoms with Crippen molar-refractivity contribution in [1.29, 1.82) is 0 Å². The van der Waals surface area contributed by atoms with Crippen LogP contribution in [0.25, 0.3) is 0 Å². The molecule has 4 rings (SSSR count). The van der Waals surface area contributed by atoms with Crippen LogP contribution in [0.15, 0.2) is 60.7 Å². The molecule has 12 heteroatoms. The zero-order valence-electron chi connectivity index (χ0n) is 24.1. The van der Waals surface area contributed by atoms with Gasteiger partial charge in [0.1, 0.15) is 12.1 Å². The molecule has 42 heavy (non-hydrogen) atoms. The van der Waals surface area contributed by atoms with Gasteiger partial charge in [0.25, 0.3) is 0 Å². The molecule has 0 spiro atoms. The Bertz CT molecular complexity index is 1110. The fourth-order valence-corrected chi connectivity index (χ4v) is 5.68. The summed E-state index contributed by atoms with van der Waals surface area (Å²) in [4.78, 5) is 44.6. The Morgan fingerprint density at radius 3 is 2.17 bits per heavy atom. The van der Waals surface area contributed by atoms with Gasteiger partial charge >= 0.3 is 13.1 Å². The second-order valence-corrected chi connectivity index (χ2v) is 10.7. The van der Waals surface area contributed by atoms with Gasteiger partial charge in [0.05, 0.1) is 19.2 Å². The van der Waals surface area contributed by atoms with Gasteiger partial charge in [-0.15, -0.1) is 0 Å². The fourth-order valence-electron chi connectivity index (χ4n) is 5.68. The molecule has 0 bridgehead atoms. The van der Waals surface area contributed by atoms with E-state index in [2.05, 4.69) is 10.6 Å². The molecular weight excluding hydrogens is 539 g/mol. The first-order chi connectivity index (χ1) is 20.4. The maximum absolute atomic E-state index is 14.5. The number of nitrogens with one attached hydrogen (secondary N) is 2. The van der Waals surface area contributed by atoms with Crippen molar-refractivity contribution in [1.82, 2.24) is 20.4 Å². The SMILES string of the molecule is COCCCC(NC(=O)C1CCCN1C(=O)C(NC(=O)N1CCOCC1)C(c1ccccc1)c1ccccc1)B(O)O. The van der Waals surface area contributed by atoms with E-state index >= 15 is 0 Å². The topological polar surface area (TPSA) is 141 Å². The van der Waals surface area contributed by atoms with Gasteiger partial charge in [0.15, 0.2) is 0 Å². The second kappa shape index (κ2) is 15.7. The van der Waals surface area contributed by atoms with E-state index in [0.29, 0.717) is 65.1 Å². The number of rotatable bonds is 12. The molecule has 0 aromatic heterocycles. The van der Waals surface area contributed by atoms with Crippen LogP contribution in [-0.2, 0) is 19.1 Å². The number of morpholine rings is 1. The van der Waals surface area contributed by atoms with Crippen LogP contribution in [0.1, 0.15) is 42.7 Å². The van der Waals surface area contributed by atoms with Crippen LogP contribution in [0.2, 0.25) is 0 Å². The molecule has 3 atom stereocenters. The molecular formula is C30H41BN4O7. The fraction of sp³-hybridized carbons (Fsp3) is 0.500. The highest BCUT2D eigenvalue weighted by Crippen LogP contribution is 2.31. The van der Waals surface area contributed by atoms with Crippen molar-refractivity contribution < 1.29 is 33.9 Å². The Morgan fingerprint density at radius 1 is 0.976 bits per heavy atom. The number of likely N-dealkylation sites (tertiary alicyclic amines) is 1. The van der Waals surface area contributed by atoms with Gasteiger partial charge in [-0.25, -0.2) is 4.79 Å². The Labute approximate surface area is 247 Å². The normalized spacial score (nSPS) is 18.4. The van der Waals surface area contributed by atoms with Crippen LogP contribution in [0, 0.1) is 0 Å². The van der Waals surface area contributed by atoms with Gasteiger partial charge in [0.2, 0.25) is 11.8 Å². The second-order valence-electron chi connectivity index (χ2n) is 10.7. The summed E-state index contributed by atoms with van der Waals surface area (Å²) in [5, 5.41) is 25.5. The number of urea groups is 1. The molecule has 2 aromatic rings. The maximum Gasteiger partial charge on any atom is 0.475 e. The summed E-state index contributed by atoms with van der Waals surface area (Å²) in [7, 11) is -0.199. The lowest BCUT2D eigenvalue weighted by Gasteiger charge is -2.36. The molecule has 3 unspecified atom stereocenters. The number of nitrogens with zero attached hydrogens (tertiary/aromatic N) is 2. The largest absolute Gasteiger partial charge is 0.475 e. The van der Waals surface area contributed by atoms with Crippen molar-refractivity contribution in [3.63, 3.8) is 0 Å². The number of hydrogen-bond donors (Lipinski definition) is 4. The summed E-state index contributed by atoms with van der Waals surface area (Å²) < 4.78 is 10.5. The predicted octanol–water partition coefficient (Wildman–Crippen LogP) is 1.14. The summed E-state index contributed by atoms with van der Waals surface area (Å²) in [5.41, 5.74) is 1.71. The minimum absolute atomic E-state index is 0.306. The molecule has 11 nitrogen and oxygen atoms in total. The predicted molar refractivity (Wildman–Crippen MR) is 157 cm³/mol. The van der Waals surface area contributed by atoms with E-state index in [0.717, 1.165) is 11.1 Å². The van der Waals surface area contributed by atoms with E-state index < -0.39 is 37.0 Å². The number of ether oxygens (including phenoxy) is 2. The van der Waals surface area contributed by atoms with E-state index in [1.807, 2.05) is 60.7 Å². The molecule has 2 aliphatic heterocycles. The molecule has 2 heterocycles. The highest BCUT2D eigenvalue weighted by Gasteiger charge is 2.42. The zero-order valence-corrected chi connectivity index (χ0v) is 24.1. The zero-order chi connectivity index (χ0) is 29.9. The smallest absolute Gasteiger partial charge is 0.426 e. The van der Waals surface area contributed by atoms with Crippen LogP contribution in [0.4, 0.5) is 4.79 Å². The van der Waals surface area contributed by atoms with Gasteiger partial charge in [-0.1, -0.05) is 60.7 Å². The lowest BCUT2D eigenvalue weighted by Crippen LogP contribution is -2.59. The molecule has 4 amide bonds. The van der Waals surface area contributed by atoms with Crippen molar-refractivity contribution in [2.24, 2.45) is 0 Å². The third-order valence-corrected chi connectivity index (χ3v) is 7.88. The molecule has 0 saturated carbocycles. The van der Waals surface area contributed by atoms with Crippen LogP contribution >= 0.6 is 0 Å². The standard InChI is InChI=1S/C30H41BN4O7/c1-41-19-9-15-25(31(39)40)32-28(36)24-14-8-16-35(24)29(37)27(33-30(38)34-17-20-42-21-18-34)26(22-10-4-2-5-11-22)23-12-6-3-7-13-23/h2-7,10-13,24-27,39-40H,8-9,14-21H2,1H3,(H,32,36)(H,33,38). The minimum atomic E-state index is -1.75. The number of carbonyl (C=O) groups excluding carboxylic acids is 3. The number of hydrogen-bond acceptors (Lipinski definition) is 7. The van der Waals surface area contributed by atoms with Crippen molar-refractivity contribution in [2.45, 2.75) is 49.6 Å². The lowest BCUT2D eigenvalue weighted by molar-refractivity contribution is -0.140. The first-order valence-electron chi connectivity index (χ1n) is 14.6. The van der Waals surface area contributed by atoms with E-state index in [9.17, 15) is 24.4 Å². The molecule has 2 saturated heterocycles. The molecule has 2 aliphatic rings. The molecule has 0 radical (unpaired) electrons. The number of benzene rings is 2. The summed E-state index contributed by atoms with van der Waals surface area (Å²) in [6.07, 6.45) is 1.86. The van der Waals surface area contributed by atoms with Gasteiger partial charge in [-0.3, -0.25) is 9.59 Å². The highest BCUT2D eigenvalue weighted by atomic mass is 16.5. The Hall–Kier alpha value is -3.45. The van der Waals surface area contributed by atoms with Crippen LogP contribution in [-0.4, -0.2) is 109 Å². The van der Waals surface area contributed by atoms with Crippen LogP contribution < -0.4 is 10.6 Å². The third-order valence-electron chi connectivity index (χ3n) is 7.88. The number of methoxy groups -OCH3 is 1. The van der Waals surface area contributed by atoms with Crippen molar-refractivity contribution in [3.05, 3.63) is 71.8 Å². The Kier molecular flexibility index (Phi) is 11.8. The summed E-state index contributed by atoms with van der Waals surface area (Å²) in [5.74, 6) is -2.24. The van der Waals surface area contributed by atoms with E-state index in [4.69, 9.17) is 9.47 Å². The maximum atomic E-state index is 14.5. The van der Waals surface area contributed by atoms with Gasteiger partial charge < -0.3 is 40.0 Å². The summed E-state index contributed by atoms with van der Waals surface area (Å²) in [6, 6.07) is 16.9. The van der Waals surface area contributed by atoms with Crippen molar-refractivity contribution >= 4 is 25.0 Å². The Morgan fingerprint density at radius 2 is 1.60 bits per heavy atom. The summed E-state index contributed by atoms with van der Waals surface area (Å²) >= 11 is 0. The first-order valence-corrected chi connectivity index (χ1v) is 14.6. The lowest BCUT2D eigenvalue weighted by atomic mass is 9.76. The quantitative estimate of drug-likeness (QED) is 0.218. The van der Waals surface area contributed by atoms with Gasteiger partial charge in [0, 0.05) is 39.3 Å². The monoisotopic (exact) mass is 580 g/mol. The van der Waals surface area contributed by atoms with Gasteiger partial charge in [-0.05, 0) is 36.8 Å². The molecule has 2 fully saturated rings. The van der Waals surface area contributed by atoms with E-state index in [-0.39, 0.29) is 11.9 Å². The van der Waals surface area contributed by atoms with Crippen LogP contribution in [0.5, 0.6) is 0 Å². The Balaban J connectivity index is 1.63. The third kappa shape index (κ3) is 8.10. The molecule has 0 aliphatic carbocycles. The average Bonchev–Trinajstić information content (AvgIpc) is 3.52. The highest BCUT2D eigenvalue weighted by molar-refractivity contribution is 6.43.